The largest absolute Gasteiger partial charge is 0.433 e. The molecule has 1 amide bonds. The van der Waals surface area contributed by atoms with Crippen molar-refractivity contribution in [2.24, 2.45) is 11.7 Å². The molecule has 0 radical (unpaired) electrons. The van der Waals surface area contributed by atoms with Gasteiger partial charge in [0.25, 0.3) is 5.91 Å². The lowest BCUT2D eigenvalue weighted by Gasteiger charge is -2.33. The van der Waals surface area contributed by atoms with Gasteiger partial charge in [0.15, 0.2) is 0 Å². The Hall–Kier alpha value is -2.06. The number of hydrogen-bond donors (Lipinski definition) is 2. The zero-order valence-electron chi connectivity index (χ0n) is 14.7. The average Bonchev–Trinajstić information content (AvgIpc) is 3.04. The van der Waals surface area contributed by atoms with E-state index in [1.54, 1.807) is 0 Å². The van der Waals surface area contributed by atoms with Gasteiger partial charge in [-0.15, -0.1) is 12.4 Å². The fraction of sp³-hybridized carbons (Fsp3) is 0.412. The molecule has 1 unspecified atom stereocenters. The van der Waals surface area contributed by atoms with E-state index in [4.69, 9.17) is 5.73 Å². The molecule has 0 fully saturated rings. The summed E-state index contributed by atoms with van der Waals surface area (Å²) in [6.07, 6.45) is -3.47. The maximum Gasteiger partial charge on any atom is 0.433 e. The first-order valence-electron chi connectivity index (χ1n) is 7.83. The van der Waals surface area contributed by atoms with Crippen LogP contribution in [-0.4, -0.2) is 27.8 Å². The number of nitrogens with one attached hydrogen (secondary N) is 1. The second kappa shape index (κ2) is 8.09. The number of carbonyl (C=O) groups excluding carboxylic acids is 1. The summed E-state index contributed by atoms with van der Waals surface area (Å²) in [6, 6.07) is 6.77. The number of rotatable bonds is 5. The molecule has 0 aliphatic heterocycles. The van der Waals surface area contributed by atoms with Gasteiger partial charge in [0, 0.05) is 12.1 Å². The van der Waals surface area contributed by atoms with E-state index in [2.05, 4.69) is 10.4 Å². The summed E-state index contributed by atoms with van der Waals surface area (Å²) in [7, 11) is 0. The summed E-state index contributed by atoms with van der Waals surface area (Å²) < 4.78 is 39.9. The number of nitrogens with two attached hydrogens (primary N) is 1. The van der Waals surface area contributed by atoms with Gasteiger partial charge < -0.3 is 11.1 Å². The van der Waals surface area contributed by atoms with Crippen LogP contribution >= 0.6 is 12.4 Å². The standard InChI is InChI=1S/C17H21F3N4O.ClH/c1-11(2)16(3,10-21)23-15(25)12-5-4-6-13(9-12)24-14(7-8-22-24)17(18,19)20;/h4-9,11H,10,21H2,1-3H3,(H,23,25);1H. The zero-order valence-corrected chi connectivity index (χ0v) is 15.5. The Labute approximate surface area is 156 Å². The lowest BCUT2D eigenvalue weighted by Crippen LogP contribution is -2.55. The highest BCUT2D eigenvalue weighted by Gasteiger charge is 2.35. The molecule has 0 bridgehead atoms. The molecule has 3 N–H and O–H groups in total. The highest BCUT2D eigenvalue weighted by molar-refractivity contribution is 5.95. The first-order valence-corrected chi connectivity index (χ1v) is 7.83. The minimum atomic E-state index is -4.54. The molecule has 2 aromatic rings. The van der Waals surface area contributed by atoms with E-state index in [1.165, 1.54) is 24.3 Å². The molecular formula is C17H22ClF3N4O. The van der Waals surface area contributed by atoms with Gasteiger partial charge in [-0.1, -0.05) is 19.9 Å². The second-order valence-electron chi connectivity index (χ2n) is 6.41. The molecule has 1 aromatic carbocycles. The van der Waals surface area contributed by atoms with Gasteiger partial charge in [-0.25, -0.2) is 4.68 Å². The summed E-state index contributed by atoms with van der Waals surface area (Å²) in [4.78, 5) is 12.5. The fourth-order valence-corrected chi connectivity index (χ4v) is 2.27. The molecule has 1 aromatic heterocycles. The molecule has 1 heterocycles. The molecule has 144 valence electrons. The van der Waals surface area contributed by atoms with E-state index in [1.807, 2.05) is 20.8 Å². The lowest BCUT2D eigenvalue weighted by atomic mass is 9.88. The monoisotopic (exact) mass is 390 g/mol. The number of aromatic nitrogens is 2. The number of halogens is 4. The Morgan fingerprint density at radius 2 is 1.96 bits per heavy atom. The van der Waals surface area contributed by atoms with Gasteiger partial charge in [0.1, 0.15) is 5.69 Å². The molecule has 0 spiro atoms. The van der Waals surface area contributed by atoms with Gasteiger partial charge in [0.2, 0.25) is 0 Å². The number of alkyl halides is 3. The van der Waals surface area contributed by atoms with Crippen LogP contribution in [0.1, 0.15) is 36.8 Å². The quantitative estimate of drug-likeness (QED) is 0.821. The van der Waals surface area contributed by atoms with Crippen molar-refractivity contribution in [1.29, 1.82) is 0 Å². The SMILES string of the molecule is CC(C)C(C)(CN)NC(=O)c1cccc(-n2nccc2C(F)(F)F)c1.Cl. The third kappa shape index (κ3) is 4.56. The maximum atomic E-state index is 13.0. The topological polar surface area (TPSA) is 72.9 Å². The van der Waals surface area contributed by atoms with E-state index in [0.717, 1.165) is 16.9 Å². The van der Waals surface area contributed by atoms with Crippen LogP contribution in [0.2, 0.25) is 0 Å². The van der Waals surface area contributed by atoms with E-state index in [-0.39, 0.29) is 36.1 Å². The highest BCUT2D eigenvalue weighted by atomic mass is 35.5. The van der Waals surface area contributed by atoms with Crippen molar-refractivity contribution in [3.05, 3.63) is 47.8 Å². The number of nitrogens with zero attached hydrogens (tertiary/aromatic N) is 2. The summed E-state index contributed by atoms with van der Waals surface area (Å²) in [5.74, 6) is -0.309. The number of benzene rings is 1. The van der Waals surface area contributed by atoms with Crippen molar-refractivity contribution >= 4 is 18.3 Å². The fourth-order valence-electron chi connectivity index (χ4n) is 2.27. The van der Waals surface area contributed by atoms with Crippen molar-refractivity contribution in [3.63, 3.8) is 0 Å². The third-order valence-corrected chi connectivity index (χ3v) is 4.38. The lowest BCUT2D eigenvalue weighted by molar-refractivity contribution is -0.142. The predicted octanol–water partition coefficient (Wildman–Crippen LogP) is 3.42. The van der Waals surface area contributed by atoms with Crippen molar-refractivity contribution in [3.8, 4) is 5.69 Å². The van der Waals surface area contributed by atoms with Crippen LogP contribution in [0.4, 0.5) is 13.2 Å². The van der Waals surface area contributed by atoms with Crippen molar-refractivity contribution < 1.29 is 18.0 Å². The van der Waals surface area contributed by atoms with Crippen LogP contribution in [0.15, 0.2) is 36.5 Å². The average molecular weight is 391 g/mol. The van der Waals surface area contributed by atoms with E-state index in [9.17, 15) is 18.0 Å². The minimum Gasteiger partial charge on any atom is -0.345 e. The number of hydrogen-bond acceptors (Lipinski definition) is 3. The van der Waals surface area contributed by atoms with Crippen molar-refractivity contribution in [1.82, 2.24) is 15.1 Å². The van der Waals surface area contributed by atoms with Crippen molar-refractivity contribution in [2.45, 2.75) is 32.5 Å². The minimum absolute atomic E-state index is 0. The van der Waals surface area contributed by atoms with Crippen LogP contribution in [0.5, 0.6) is 0 Å². The maximum absolute atomic E-state index is 13.0. The zero-order chi connectivity index (χ0) is 18.8. The van der Waals surface area contributed by atoms with Gasteiger partial charge in [0.05, 0.1) is 17.4 Å². The Balaban J connectivity index is 0.00000338. The highest BCUT2D eigenvalue weighted by Crippen LogP contribution is 2.30. The van der Waals surface area contributed by atoms with Gasteiger partial charge in [-0.2, -0.15) is 18.3 Å². The molecule has 5 nitrogen and oxygen atoms in total. The van der Waals surface area contributed by atoms with Crippen LogP contribution in [0.25, 0.3) is 5.69 Å². The van der Waals surface area contributed by atoms with E-state index in [0.29, 0.717) is 0 Å². The molecule has 0 saturated carbocycles. The Morgan fingerprint density at radius 1 is 1.31 bits per heavy atom. The summed E-state index contributed by atoms with van der Waals surface area (Å²) >= 11 is 0. The molecule has 2 rings (SSSR count). The molecule has 0 aliphatic carbocycles. The second-order valence-corrected chi connectivity index (χ2v) is 6.41. The van der Waals surface area contributed by atoms with E-state index < -0.39 is 23.3 Å². The molecule has 9 heteroatoms. The van der Waals surface area contributed by atoms with Crippen LogP contribution < -0.4 is 11.1 Å². The van der Waals surface area contributed by atoms with Gasteiger partial charge in [-0.3, -0.25) is 4.79 Å². The van der Waals surface area contributed by atoms with Crippen LogP contribution in [-0.2, 0) is 6.18 Å². The summed E-state index contributed by atoms with van der Waals surface area (Å²) in [6.45, 7) is 5.94. The molecule has 26 heavy (non-hydrogen) atoms. The third-order valence-electron chi connectivity index (χ3n) is 4.38. The normalized spacial score (nSPS) is 13.8. The molecule has 0 saturated heterocycles. The number of amides is 1. The van der Waals surface area contributed by atoms with Crippen LogP contribution in [0, 0.1) is 5.92 Å². The Morgan fingerprint density at radius 3 is 2.50 bits per heavy atom. The van der Waals surface area contributed by atoms with Crippen LogP contribution in [0.3, 0.4) is 0 Å². The Kier molecular flexibility index (Phi) is 6.84. The van der Waals surface area contributed by atoms with Gasteiger partial charge >= 0.3 is 6.18 Å². The summed E-state index contributed by atoms with van der Waals surface area (Å²) in [5, 5.41) is 6.58. The molecule has 1 atom stereocenters. The number of carbonyl (C=O) groups is 1. The molecular weight excluding hydrogens is 369 g/mol. The van der Waals surface area contributed by atoms with Gasteiger partial charge in [-0.05, 0) is 37.1 Å². The van der Waals surface area contributed by atoms with Crippen molar-refractivity contribution in [2.75, 3.05) is 6.54 Å². The van der Waals surface area contributed by atoms with E-state index >= 15 is 0 Å². The first-order chi connectivity index (χ1) is 11.6. The smallest absolute Gasteiger partial charge is 0.345 e. The first kappa shape index (κ1) is 22.0. The molecule has 0 aliphatic rings. The Bertz CT molecular complexity index is 760. The summed E-state index contributed by atoms with van der Waals surface area (Å²) in [5.41, 5.74) is 4.63. The predicted molar refractivity (Wildman–Crippen MR) is 95.6 cm³/mol.